The van der Waals surface area contributed by atoms with E-state index in [2.05, 4.69) is 47.1 Å². The lowest BCUT2D eigenvalue weighted by Gasteiger charge is -2.18. The summed E-state index contributed by atoms with van der Waals surface area (Å²) in [6.45, 7) is 7.81. The second kappa shape index (κ2) is 8.79. The number of H-pyrrole nitrogens is 1. The van der Waals surface area contributed by atoms with Crippen LogP contribution >= 0.6 is 0 Å². The Labute approximate surface area is 139 Å². The number of imidazole rings is 1. The minimum atomic E-state index is 0.379. The Morgan fingerprint density at radius 1 is 1.35 bits per heavy atom. The van der Waals surface area contributed by atoms with Crippen LogP contribution in [0.2, 0.25) is 0 Å². The van der Waals surface area contributed by atoms with Crippen LogP contribution in [0, 0.1) is 13.8 Å². The fraction of sp³-hybridized carbons (Fsp3) is 0.556. The minimum absolute atomic E-state index is 0.379. The first-order valence-corrected chi connectivity index (χ1v) is 8.52. The summed E-state index contributed by atoms with van der Waals surface area (Å²) < 4.78 is 0. The van der Waals surface area contributed by atoms with Gasteiger partial charge >= 0.3 is 0 Å². The summed E-state index contributed by atoms with van der Waals surface area (Å²) in [5.74, 6) is 1.07. The number of nitrogens with one attached hydrogen (secondary N) is 2. The van der Waals surface area contributed by atoms with Crippen molar-refractivity contribution in [2.75, 3.05) is 6.54 Å². The van der Waals surface area contributed by atoms with Crippen molar-refractivity contribution >= 4 is 0 Å². The van der Waals surface area contributed by atoms with Gasteiger partial charge in [-0.25, -0.2) is 4.98 Å². The van der Waals surface area contributed by atoms with Gasteiger partial charge in [0.05, 0.1) is 11.4 Å². The number of aromatic amines is 1. The molecule has 0 bridgehead atoms. The van der Waals surface area contributed by atoms with Crippen molar-refractivity contribution in [3.8, 4) is 0 Å². The largest absolute Gasteiger partial charge is 0.346 e. The molecular weight excluding hydrogens is 286 g/mol. The average molecular weight is 315 g/mol. The Bertz CT molecular complexity index is 605. The predicted octanol–water partition coefficient (Wildman–Crippen LogP) is 2.42. The molecule has 0 aliphatic carbocycles. The molecule has 4 N–H and O–H groups in total. The fourth-order valence-electron chi connectivity index (χ4n) is 2.76. The average Bonchev–Trinajstić information content (AvgIpc) is 2.91. The van der Waals surface area contributed by atoms with E-state index in [0.29, 0.717) is 6.04 Å². The summed E-state index contributed by atoms with van der Waals surface area (Å²) in [5.41, 5.74) is 10.4. The Balaban J connectivity index is 2.01. The highest BCUT2D eigenvalue weighted by atomic mass is 15.0. The number of nitrogens with two attached hydrogens (primary N) is 1. The van der Waals surface area contributed by atoms with E-state index in [1.165, 1.54) is 11.3 Å². The van der Waals surface area contributed by atoms with E-state index in [1.54, 1.807) is 0 Å². The molecule has 0 fully saturated rings. The molecule has 0 saturated carbocycles. The molecule has 1 unspecified atom stereocenters. The lowest BCUT2D eigenvalue weighted by Crippen LogP contribution is -2.32. The maximum Gasteiger partial charge on any atom is 0.106 e. The van der Waals surface area contributed by atoms with E-state index in [1.807, 2.05) is 12.3 Å². The van der Waals surface area contributed by atoms with Crippen molar-refractivity contribution in [2.45, 2.75) is 59.0 Å². The van der Waals surface area contributed by atoms with Gasteiger partial charge in [-0.3, -0.25) is 4.98 Å². The first-order chi connectivity index (χ1) is 11.1. The van der Waals surface area contributed by atoms with Gasteiger partial charge < -0.3 is 16.0 Å². The Kier molecular flexibility index (Phi) is 6.74. The summed E-state index contributed by atoms with van der Waals surface area (Å²) >= 11 is 0. The maximum absolute atomic E-state index is 5.70. The third-order valence-corrected chi connectivity index (χ3v) is 4.25. The number of rotatable bonds is 9. The van der Waals surface area contributed by atoms with Gasteiger partial charge in [0, 0.05) is 37.3 Å². The highest BCUT2D eigenvalue weighted by molar-refractivity contribution is 5.18. The van der Waals surface area contributed by atoms with Gasteiger partial charge in [0.2, 0.25) is 0 Å². The Morgan fingerprint density at radius 3 is 2.83 bits per heavy atom. The van der Waals surface area contributed by atoms with Crippen LogP contribution in [0.5, 0.6) is 0 Å². The maximum atomic E-state index is 5.70. The van der Waals surface area contributed by atoms with Crippen molar-refractivity contribution in [1.82, 2.24) is 20.3 Å². The van der Waals surface area contributed by atoms with Crippen LogP contribution in [0.3, 0.4) is 0 Å². The zero-order valence-corrected chi connectivity index (χ0v) is 14.5. The first kappa shape index (κ1) is 17.6. The Morgan fingerprint density at radius 2 is 2.17 bits per heavy atom. The van der Waals surface area contributed by atoms with Gasteiger partial charge in [0.15, 0.2) is 0 Å². The van der Waals surface area contributed by atoms with Crippen LogP contribution < -0.4 is 11.1 Å². The minimum Gasteiger partial charge on any atom is -0.346 e. The molecule has 5 heteroatoms. The van der Waals surface area contributed by atoms with Crippen molar-refractivity contribution < 1.29 is 0 Å². The number of aryl methyl sites for hydroxylation is 3. The van der Waals surface area contributed by atoms with Crippen LogP contribution in [0.25, 0.3) is 0 Å². The molecule has 23 heavy (non-hydrogen) atoms. The molecule has 0 aromatic carbocycles. The fourth-order valence-corrected chi connectivity index (χ4v) is 2.76. The molecule has 126 valence electrons. The highest BCUT2D eigenvalue weighted by Crippen LogP contribution is 2.12. The van der Waals surface area contributed by atoms with Crippen LogP contribution in [-0.4, -0.2) is 27.5 Å². The predicted molar refractivity (Wildman–Crippen MR) is 94.3 cm³/mol. The van der Waals surface area contributed by atoms with Gasteiger partial charge in [-0.05, 0) is 44.9 Å². The topological polar surface area (TPSA) is 79.6 Å². The third-order valence-electron chi connectivity index (χ3n) is 4.25. The Hall–Kier alpha value is -1.72. The lowest BCUT2D eigenvalue weighted by molar-refractivity contribution is 0.458. The summed E-state index contributed by atoms with van der Waals surface area (Å²) in [6.07, 6.45) is 5.82. The molecule has 0 aliphatic rings. The van der Waals surface area contributed by atoms with Crippen molar-refractivity contribution in [3.05, 3.63) is 46.8 Å². The molecular formula is C18H29N5. The number of hydrogen-bond acceptors (Lipinski definition) is 4. The van der Waals surface area contributed by atoms with E-state index >= 15 is 0 Å². The molecule has 0 amide bonds. The van der Waals surface area contributed by atoms with Crippen molar-refractivity contribution in [2.24, 2.45) is 5.73 Å². The molecule has 2 aromatic heterocycles. The molecule has 0 saturated heterocycles. The summed E-state index contributed by atoms with van der Waals surface area (Å²) in [6, 6.07) is 4.46. The van der Waals surface area contributed by atoms with E-state index in [0.717, 1.165) is 56.0 Å². The highest BCUT2D eigenvalue weighted by Gasteiger charge is 2.14. The molecule has 0 aliphatic heterocycles. The molecule has 1 atom stereocenters. The van der Waals surface area contributed by atoms with Crippen LogP contribution in [0.4, 0.5) is 0 Å². The molecule has 5 nitrogen and oxygen atoms in total. The number of pyridine rings is 1. The molecule has 2 aromatic rings. The molecule has 2 heterocycles. The van der Waals surface area contributed by atoms with Gasteiger partial charge in [-0.15, -0.1) is 0 Å². The van der Waals surface area contributed by atoms with Gasteiger partial charge in [0.25, 0.3) is 0 Å². The second-order valence-electron chi connectivity index (χ2n) is 6.08. The molecule has 2 rings (SSSR count). The van der Waals surface area contributed by atoms with Crippen LogP contribution in [0.15, 0.2) is 18.3 Å². The number of nitrogens with zero attached hydrogens (tertiary/aromatic N) is 2. The van der Waals surface area contributed by atoms with Crippen molar-refractivity contribution in [1.29, 1.82) is 0 Å². The van der Waals surface area contributed by atoms with Gasteiger partial charge in [-0.2, -0.15) is 0 Å². The zero-order chi connectivity index (χ0) is 16.7. The molecule has 0 radical (unpaired) electrons. The number of aromatic nitrogens is 3. The smallest absolute Gasteiger partial charge is 0.106 e. The molecule has 0 spiro atoms. The van der Waals surface area contributed by atoms with Gasteiger partial charge in [-0.1, -0.05) is 13.0 Å². The normalized spacial score (nSPS) is 12.5. The van der Waals surface area contributed by atoms with E-state index < -0.39 is 0 Å². The standard InChI is InChI=1S/C18H29N5/c1-4-18-22-14(3)16(23-18)11-15(8-5-9-19)21-12-17-13(2)7-6-10-20-17/h6-7,10,15,21H,4-5,8-9,11-12,19H2,1-3H3,(H,22,23). The SMILES string of the molecule is CCc1nc(C)c(CC(CCCN)NCc2ncccc2C)[nH]1. The number of hydrogen-bond donors (Lipinski definition) is 3. The third kappa shape index (κ3) is 5.15. The van der Waals surface area contributed by atoms with Crippen molar-refractivity contribution in [3.63, 3.8) is 0 Å². The van der Waals surface area contributed by atoms with Crippen LogP contribution in [-0.2, 0) is 19.4 Å². The van der Waals surface area contributed by atoms with E-state index in [4.69, 9.17) is 5.73 Å². The summed E-state index contributed by atoms with van der Waals surface area (Å²) in [5, 5.41) is 3.65. The van der Waals surface area contributed by atoms with E-state index in [-0.39, 0.29) is 0 Å². The summed E-state index contributed by atoms with van der Waals surface area (Å²) in [7, 11) is 0. The van der Waals surface area contributed by atoms with Gasteiger partial charge in [0.1, 0.15) is 5.82 Å². The summed E-state index contributed by atoms with van der Waals surface area (Å²) in [4.78, 5) is 12.5. The monoisotopic (exact) mass is 315 g/mol. The zero-order valence-electron chi connectivity index (χ0n) is 14.5. The first-order valence-electron chi connectivity index (χ1n) is 8.52. The van der Waals surface area contributed by atoms with E-state index in [9.17, 15) is 0 Å². The van der Waals surface area contributed by atoms with Crippen LogP contribution in [0.1, 0.15) is 48.2 Å². The second-order valence-corrected chi connectivity index (χ2v) is 6.08. The lowest BCUT2D eigenvalue weighted by atomic mass is 10.0. The quantitative estimate of drug-likeness (QED) is 0.664.